The van der Waals surface area contributed by atoms with E-state index in [0.29, 0.717) is 23.5 Å². The van der Waals surface area contributed by atoms with Gasteiger partial charge in [-0.25, -0.2) is 9.98 Å². The monoisotopic (exact) mass is 253 g/mol. The van der Waals surface area contributed by atoms with Crippen LogP contribution in [0.25, 0.3) is 0 Å². The molecule has 0 unspecified atom stereocenters. The Morgan fingerprint density at radius 3 is 3.25 bits per heavy atom. The largest absolute Gasteiger partial charge is 0.313 e. The van der Waals surface area contributed by atoms with Crippen molar-refractivity contribution >= 4 is 28.9 Å². The predicted octanol–water partition coefficient (Wildman–Crippen LogP) is 1.55. The van der Waals surface area contributed by atoms with Gasteiger partial charge in [0, 0.05) is 17.3 Å². The quantitative estimate of drug-likeness (QED) is 0.642. The average Bonchev–Trinajstić information content (AvgIpc) is 2.67. The van der Waals surface area contributed by atoms with Crippen LogP contribution in [0.3, 0.4) is 0 Å². The minimum Gasteiger partial charge on any atom is -0.313 e. The van der Waals surface area contributed by atoms with E-state index in [1.807, 2.05) is 23.4 Å². The van der Waals surface area contributed by atoms with Gasteiger partial charge in [-0.3, -0.25) is 5.32 Å². The molecular formula is C9H8ClN5S. The van der Waals surface area contributed by atoms with Crippen LogP contribution < -0.4 is 5.32 Å². The third-order valence-corrected chi connectivity index (χ3v) is 3.02. The second-order valence-corrected chi connectivity index (χ2v) is 4.69. The summed E-state index contributed by atoms with van der Waals surface area (Å²) in [6.07, 6.45) is 7.40. The van der Waals surface area contributed by atoms with Crippen molar-refractivity contribution in [2.45, 2.75) is 6.54 Å². The summed E-state index contributed by atoms with van der Waals surface area (Å²) in [6.45, 7) is 1.19. The number of nitrogens with zero attached hydrogens (tertiary/aromatic N) is 4. The lowest BCUT2D eigenvalue weighted by molar-refractivity contribution is 0.531. The molecule has 0 aliphatic carbocycles. The van der Waals surface area contributed by atoms with E-state index in [0.717, 1.165) is 4.88 Å². The first-order chi connectivity index (χ1) is 7.79. The number of halogens is 1. The average molecular weight is 254 g/mol. The molecule has 1 aliphatic rings. The van der Waals surface area contributed by atoms with Crippen LogP contribution in [-0.4, -0.2) is 22.4 Å². The Morgan fingerprint density at radius 1 is 1.69 bits per heavy atom. The Morgan fingerprint density at radius 2 is 2.56 bits per heavy atom. The van der Waals surface area contributed by atoms with Gasteiger partial charge in [-0.15, -0.1) is 11.3 Å². The van der Waals surface area contributed by atoms with Gasteiger partial charge >= 0.3 is 0 Å². The molecule has 1 aromatic heterocycles. The summed E-state index contributed by atoms with van der Waals surface area (Å²) < 4.78 is 0.516. The van der Waals surface area contributed by atoms with Crippen molar-refractivity contribution in [3.63, 3.8) is 0 Å². The van der Waals surface area contributed by atoms with E-state index in [1.54, 1.807) is 6.20 Å². The van der Waals surface area contributed by atoms with Crippen LogP contribution in [0.5, 0.6) is 0 Å². The van der Waals surface area contributed by atoms with Crippen LogP contribution in [0.1, 0.15) is 4.88 Å². The minimum absolute atomic E-state index is 0.516. The summed E-state index contributed by atoms with van der Waals surface area (Å²) in [5.74, 6) is 0.550. The van der Waals surface area contributed by atoms with E-state index in [4.69, 9.17) is 16.9 Å². The van der Waals surface area contributed by atoms with E-state index in [9.17, 15) is 0 Å². The smallest absolute Gasteiger partial charge is 0.212 e. The van der Waals surface area contributed by atoms with E-state index in [1.165, 1.54) is 11.3 Å². The minimum atomic E-state index is 0.516. The zero-order valence-corrected chi connectivity index (χ0v) is 9.79. The molecule has 0 spiro atoms. The van der Waals surface area contributed by atoms with Crippen LogP contribution in [-0.2, 0) is 6.54 Å². The number of rotatable bonds is 2. The molecule has 7 heteroatoms. The van der Waals surface area contributed by atoms with Crippen LogP contribution in [0.15, 0.2) is 23.5 Å². The molecule has 0 aromatic carbocycles. The summed E-state index contributed by atoms with van der Waals surface area (Å²) in [5, 5.41) is 11.1. The van der Waals surface area contributed by atoms with Gasteiger partial charge in [0.15, 0.2) is 10.7 Å². The van der Waals surface area contributed by atoms with E-state index >= 15 is 0 Å². The zero-order chi connectivity index (χ0) is 11.4. The first-order valence-electron chi connectivity index (χ1n) is 4.52. The maximum Gasteiger partial charge on any atom is 0.212 e. The highest BCUT2D eigenvalue weighted by molar-refractivity contribution is 7.15. The molecule has 1 aromatic rings. The third-order valence-electron chi connectivity index (χ3n) is 1.92. The van der Waals surface area contributed by atoms with Gasteiger partial charge in [-0.2, -0.15) is 5.26 Å². The Labute approximate surface area is 102 Å². The van der Waals surface area contributed by atoms with Gasteiger partial charge in [0.25, 0.3) is 0 Å². The summed E-state index contributed by atoms with van der Waals surface area (Å²) in [4.78, 5) is 11.0. The lowest BCUT2D eigenvalue weighted by Gasteiger charge is -2.22. The number of aromatic nitrogens is 1. The highest BCUT2D eigenvalue weighted by Gasteiger charge is 2.12. The van der Waals surface area contributed by atoms with Crippen molar-refractivity contribution in [3.8, 4) is 6.19 Å². The molecule has 0 atom stereocenters. The lowest BCUT2D eigenvalue weighted by Crippen LogP contribution is -2.36. The first-order valence-corrected chi connectivity index (χ1v) is 5.72. The number of hydrogen-bond acceptors (Lipinski definition) is 6. The van der Waals surface area contributed by atoms with Crippen molar-refractivity contribution in [2.24, 2.45) is 4.99 Å². The SMILES string of the molecule is N#CNC1=NCC=CN1Cc1cnc(Cl)s1. The normalized spacial score (nSPS) is 14.5. The molecule has 16 heavy (non-hydrogen) atoms. The first kappa shape index (κ1) is 10.9. The Bertz CT molecular complexity index is 472. The number of guanidine groups is 1. The van der Waals surface area contributed by atoms with Crippen LogP contribution in [0.4, 0.5) is 0 Å². The van der Waals surface area contributed by atoms with E-state index < -0.39 is 0 Å². The van der Waals surface area contributed by atoms with Gasteiger partial charge in [-0.05, 0) is 6.08 Å². The van der Waals surface area contributed by atoms with Crippen molar-refractivity contribution in [1.82, 2.24) is 15.2 Å². The van der Waals surface area contributed by atoms with Crippen molar-refractivity contribution in [3.05, 3.63) is 27.8 Å². The molecule has 0 saturated carbocycles. The Kier molecular flexibility index (Phi) is 3.39. The fraction of sp³-hybridized carbons (Fsp3) is 0.222. The van der Waals surface area contributed by atoms with Crippen molar-refractivity contribution in [1.29, 1.82) is 5.26 Å². The van der Waals surface area contributed by atoms with Gasteiger partial charge in [0.05, 0.1) is 13.1 Å². The Balaban J connectivity index is 2.08. The van der Waals surface area contributed by atoms with Gasteiger partial charge in [0.1, 0.15) is 0 Å². The van der Waals surface area contributed by atoms with Crippen LogP contribution in [0, 0.1) is 11.5 Å². The predicted molar refractivity (Wildman–Crippen MR) is 62.9 cm³/mol. The van der Waals surface area contributed by atoms with Gasteiger partial charge < -0.3 is 4.90 Å². The second-order valence-electron chi connectivity index (χ2n) is 2.99. The lowest BCUT2D eigenvalue weighted by atomic mass is 10.4. The van der Waals surface area contributed by atoms with Crippen LogP contribution in [0.2, 0.25) is 4.47 Å². The second kappa shape index (κ2) is 4.96. The molecule has 0 fully saturated rings. The highest BCUT2D eigenvalue weighted by Crippen LogP contribution is 2.19. The maximum atomic E-state index is 8.58. The van der Waals surface area contributed by atoms with Crippen LogP contribution >= 0.6 is 22.9 Å². The number of nitriles is 1. The molecule has 0 amide bonds. The third kappa shape index (κ3) is 2.51. The molecule has 1 N–H and O–H groups in total. The van der Waals surface area contributed by atoms with Crippen molar-refractivity contribution < 1.29 is 0 Å². The van der Waals surface area contributed by atoms with E-state index in [-0.39, 0.29) is 0 Å². The highest BCUT2D eigenvalue weighted by atomic mass is 35.5. The van der Waals surface area contributed by atoms with Gasteiger partial charge in [0.2, 0.25) is 5.96 Å². The molecule has 0 saturated heterocycles. The summed E-state index contributed by atoms with van der Waals surface area (Å²) in [5.41, 5.74) is 0. The number of hydrogen-bond donors (Lipinski definition) is 1. The summed E-state index contributed by atoms with van der Waals surface area (Å²) in [6, 6.07) is 0. The fourth-order valence-electron chi connectivity index (χ4n) is 1.29. The maximum absolute atomic E-state index is 8.58. The number of nitrogens with one attached hydrogen (secondary N) is 1. The fourth-order valence-corrected chi connectivity index (χ4v) is 2.27. The number of aliphatic imine (C=N–C) groups is 1. The molecule has 1 aliphatic heterocycles. The molecule has 5 nitrogen and oxygen atoms in total. The van der Waals surface area contributed by atoms with E-state index in [2.05, 4.69) is 15.3 Å². The molecule has 2 heterocycles. The standard InChI is InChI=1S/C9H8ClN5S/c10-8-13-4-7(16-8)5-15-3-1-2-12-9(15)14-6-11/h1,3-4H,2,5H2,(H,12,14). The number of thiazole rings is 1. The molecule has 0 radical (unpaired) electrons. The molecule has 82 valence electrons. The topological polar surface area (TPSA) is 64.3 Å². The van der Waals surface area contributed by atoms with Gasteiger partial charge in [-0.1, -0.05) is 11.6 Å². The Hall–Kier alpha value is -1.58. The summed E-state index contributed by atoms with van der Waals surface area (Å²) in [7, 11) is 0. The zero-order valence-electron chi connectivity index (χ0n) is 8.22. The summed E-state index contributed by atoms with van der Waals surface area (Å²) >= 11 is 7.16. The molecule has 2 rings (SSSR count). The van der Waals surface area contributed by atoms with Crippen molar-refractivity contribution in [2.75, 3.05) is 6.54 Å². The molecule has 0 bridgehead atoms. The molecular weight excluding hydrogens is 246 g/mol.